The summed E-state index contributed by atoms with van der Waals surface area (Å²) in [5.41, 5.74) is 15.8. The van der Waals surface area contributed by atoms with Gasteiger partial charge in [-0.25, -0.2) is 0 Å². The van der Waals surface area contributed by atoms with Crippen molar-refractivity contribution in [1.82, 2.24) is 4.98 Å². The molecule has 162 valence electrons. The van der Waals surface area contributed by atoms with Crippen molar-refractivity contribution in [2.24, 2.45) is 11.5 Å². The van der Waals surface area contributed by atoms with Crippen LogP contribution in [0, 0.1) is 6.92 Å². The molecule has 6 N–H and O–H groups in total. The highest BCUT2D eigenvalue weighted by molar-refractivity contribution is 8.03. The van der Waals surface area contributed by atoms with E-state index in [1.165, 1.54) is 17.8 Å². The second-order valence-electron chi connectivity index (χ2n) is 7.20. The van der Waals surface area contributed by atoms with Crippen LogP contribution in [0.15, 0.2) is 60.8 Å². The van der Waals surface area contributed by atoms with Gasteiger partial charge in [0.05, 0.1) is 16.8 Å². The van der Waals surface area contributed by atoms with E-state index in [4.69, 9.17) is 11.5 Å². The molecule has 0 fully saturated rings. The molecule has 3 aromatic rings. The lowest BCUT2D eigenvalue weighted by molar-refractivity contribution is -0.117. The fourth-order valence-electron chi connectivity index (χ4n) is 3.89. The zero-order chi connectivity index (χ0) is 23.0. The van der Waals surface area contributed by atoms with E-state index < -0.39 is 17.2 Å². The van der Waals surface area contributed by atoms with Gasteiger partial charge in [0.25, 0.3) is 11.8 Å². The molecule has 0 bridgehead atoms. The Balaban J connectivity index is 1.93. The van der Waals surface area contributed by atoms with Crippen LogP contribution in [-0.2, 0) is 9.59 Å². The van der Waals surface area contributed by atoms with E-state index in [-0.39, 0.29) is 5.91 Å². The van der Waals surface area contributed by atoms with Crippen LogP contribution >= 0.6 is 11.8 Å². The molecule has 1 unspecified atom stereocenters. The van der Waals surface area contributed by atoms with Crippen molar-refractivity contribution in [2.75, 3.05) is 10.2 Å². The Kier molecular flexibility index (Phi) is 5.50. The van der Waals surface area contributed by atoms with E-state index in [1.54, 1.807) is 18.3 Å². The molecule has 8 nitrogen and oxygen atoms in total. The molecule has 1 aliphatic heterocycles. The van der Waals surface area contributed by atoms with Crippen molar-refractivity contribution in [3.05, 3.63) is 71.9 Å². The van der Waals surface area contributed by atoms with Crippen LogP contribution in [0.2, 0.25) is 0 Å². The van der Waals surface area contributed by atoms with Gasteiger partial charge >= 0.3 is 0 Å². The molecule has 2 heterocycles. The topological polar surface area (TPSA) is 134 Å². The molecule has 1 aromatic heterocycles. The van der Waals surface area contributed by atoms with E-state index in [9.17, 15) is 14.4 Å². The molecule has 3 amide bonds. The normalized spacial score (nSPS) is 15.2. The minimum absolute atomic E-state index is 0.310. The molecule has 0 saturated heterocycles. The Bertz CT molecular complexity index is 1310. The van der Waals surface area contributed by atoms with Gasteiger partial charge < -0.3 is 26.7 Å². The van der Waals surface area contributed by atoms with Crippen molar-refractivity contribution < 1.29 is 14.4 Å². The number of aromatic nitrogens is 1. The molecule has 1 atom stereocenters. The zero-order valence-corrected chi connectivity index (χ0v) is 18.0. The van der Waals surface area contributed by atoms with Gasteiger partial charge in [-0.2, -0.15) is 0 Å². The first-order valence-corrected chi connectivity index (χ1v) is 10.6. The van der Waals surface area contributed by atoms with E-state index in [2.05, 4.69) is 16.9 Å². The molecule has 0 saturated carbocycles. The lowest BCUT2D eigenvalue weighted by Gasteiger charge is -2.25. The van der Waals surface area contributed by atoms with Crippen LogP contribution < -0.4 is 21.7 Å². The number of rotatable bonds is 6. The smallest absolute Gasteiger partial charge is 0.251 e. The third-order valence-electron chi connectivity index (χ3n) is 5.34. The Labute approximate surface area is 188 Å². The van der Waals surface area contributed by atoms with Gasteiger partial charge in [0.1, 0.15) is 0 Å². The summed E-state index contributed by atoms with van der Waals surface area (Å²) in [7, 11) is 0. The van der Waals surface area contributed by atoms with Crippen LogP contribution in [0.3, 0.4) is 0 Å². The molecule has 9 heteroatoms. The number of hydrogen-bond donors (Lipinski definition) is 4. The largest absolute Gasteiger partial charge is 0.367 e. The van der Waals surface area contributed by atoms with Crippen LogP contribution in [0.5, 0.6) is 0 Å². The average molecular weight is 448 g/mol. The number of nitrogens with two attached hydrogens (primary N) is 2. The quantitative estimate of drug-likeness (QED) is 0.431. The van der Waals surface area contributed by atoms with Crippen molar-refractivity contribution in [3.8, 4) is 11.1 Å². The number of carbonyl (C=O) groups excluding carboxylic acids is 3. The summed E-state index contributed by atoms with van der Waals surface area (Å²) in [5.74, 6) is -1.40. The van der Waals surface area contributed by atoms with Crippen molar-refractivity contribution in [3.63, 3.8) is 0 Å². The number of carbonyl (C=O) groups is 3. The number of benzene rings is 2. The molecular weight excluding hydrogens is 426 g/mol. The van der Waals surface area contributed by atoms with Gasteiger partial charge in [0.2, 0.25) is 5.91 Å². The molecule has 2 aromatic carbocycles. The first-order chi connectivity index (χ1) is 15.3. The molecule has 32 heavy (non-hydrogen) atoms. The highest BCUT2D eigenvalue weighted by atomic mass is 32.2. The van der Waals surface area contributed by atoms with Crippen LogP contribution in [0.25, 0.3) is 22.0 Å². The maximum absolute atomic E-state index is 12.0. The fraction of sp³-hybridized carbons (Fsp3) is 0.0870. The van der Waals surface area contributed by atoms with Crippen LogP contribution in [0.4, 0.5) is 11.4 Å². The molecule has 4 rings (SSSR count). The second-order valence-corrected chi connectivity index (χ2v) is 8.19. The number of fused-ring (bicyclic) bond motifs is 1. The van der Waals surface area contributed by atoms with E-state index in [0.29, 0.717) is 22.2 Å². The highest BCUT2D eigenvalue weighted by Crippen LogP contribution is 2.41. The monoisotopic (exact) mass is 447 g/mol. The zero-order valence-electron chi connectivity index (χ0n) is 17.2. The van der Waals surface area contributed by atoms with Gasteiger partial charge in [0.15, 0.2) is 5.37 Å². The first kappa shape index (κ1) is 21.3. The van der Waals surface area contributed by atoms with Crippen LogP contribution in [-0.4, -0.2) is 28.1 Å². The number of anilines is 2. The molecule has 0 spiro atoms. The van der Waals surface area contributed by atoms with Gasteiger partial charge in [-0.1, -0.05) is 36.5 Å². The lowest BCUT2D eigenvalue weighted by atomic mass is 9.94. The predicted molar refractivity (Wildman–Crippen MR) is 128 cm³/mol. The summed E-state index contributed by atoms with van der Waals surface area (Å²) >= 11 is 1.34. The molecular formula is C23H21N5O3S. The molecule has 0 aliphatic carbocycles. The van der Waals surface area contributed by atoms with Gasteiger partial charge in [-0.15, -0.1) is 0 Å². The number of nitrogens with zero attached hydrogens (tertiary/aromatic N) is 1. The lowest BCUT2D eigenvalue weighted by Crippen LogP contribution is -2.37. The Morgan fingerprint density at radius 1 is 1.19 bits per heavy atom. The third-order valence-corrected chi connectivity index (χ3v) is 6.34. The third kappa shape index (κ3) is 3.52. The number of aromatic amines is 1. The SMILES string of the molecule is C=CC(=O)Nc1c[nH]c2c(C(N)=O)ccc(-c3cccc(N4C=CSC4C(N)=O)c3C)c12. The summed E-state index contributed by atoms with van der Waals surface area (Å²) in [5, 5.41) is 4.72. The summed E-state index contributed by atoms with van der Waals surface area (Å²) in [4.78, 5) is 40.7. The van der Waals surface area contributed by atoms with Crippen molar-refractivity contribution in [2.45, 2.75) is 12.3 Å². The van der Waals surface area contributed by atoms with Gasteiger partial charge in [-0.3, -0.25) is 14.4 Å². The standard InChI is InChI=1S/C23H21N5O3S/c1-3-18(29)27-16-11-26-20-15(21(24)30)8-7-14(19(16)20)13-5-4-6-17(12(13)2)28-9-10-32-23(28)22(25)31/h3-11,23,26H,1H2,2H3,(H2,24,30)(H2,25,31)(H,27,29). The number of nitrogens with one attached hydrogen (secondary N) is 2. The predicted octanol–water partition coefficient (Wildman–Crippen LogP) is 3.20. The maximum Gasteiger partial charge on any atom is 0.251 e. The van der Waals surface area contributed by atoms with Crippen molar-refractivity contribution >= 4 is 51.8 Å². The minimum atomic E-state index is -0.584. The summed E-state index contributed by atoms with van der Waals surface area (Å²) in [6.45, 7) is 5.44. The maximum atomic E-state index is 12.0. The van der Waals surface area contributed by atoms with E-state index >= 15 is 0 Å². The highest BCUT2D eigenvalue weighted by Gasteiger charge is 2.28. The van der Waals surface area contributed by atoms with Crippen LogP contribution in [0.1, 0.15) is 15.9 Å². The van der Waals surface area contributed by atoms with Gasteiger partial charge in [-0.05, 0) is 47.2 Å². The van der Waals surface area contributed by atoms with Crippen molar-refractivity contribution in [1.29, 1.82) is 0 Å². The molecule has 1 aliphatic rings. The number of amides is 3. The summed E-state index contributed by atoms with van der Waals surface area (Å²) in [6.07, 6.45) is 4.61. The van der Waals surface area contributed by atoms with E-state index in [0.717, 1.165) is 22.4 Å². The summed E-state index contributed by atoms with van der Waals surface area (Å²) in [6, 6.07) is 9.19. The second kappa shape index (κ2) is 8.27. The average Bonchev–Trinajstić information content (AvgIpc) is 3.41. The number of thioether (sulfide) groups is 1. The fourth-order valence-corrected chi connectivity index (χ4v) is 4.68. The summed E-state index contributed by atoms with van der Waals surface area (Å²) < 4.78 is 0. The number of primary amides is 2. The first-order valence-electron chi connectivity index (χ1n) is 9.70. The molecule has 0 radical (unpaired) electrons. The minimum Gasteiger partial charge on any atom is -0.367 e. The number of H-pyrrole nitrogens is 1. The Morgan fingerprint density at radius 2 is 1.97 bits per heavy atom. The Morgan fingerprint density at radius 3 is 2.66 bits per heavy atom. The van der Waals surface area contributed by atoms with E-state index in [1.807, 2.05) is 41.6 Å². The Hall–Kier alpha value is -3.98. The number of hydrogen-bond acceptors (Lipinski definition) is 5. The van der Waals surface area contributed by atoms with Gasteiger partial charge in [0, 0.05) is 23.5 Å².